The van der Waals surface area contributed by atoms with Crippen molar-refractivity contribution in [2.24, 2.45) is 11.8 Å². The van der Waals surface area contributed by atoms with E-state index in [0.29, 0.717) is 0 Å². The number of pyridine rings is 1. The maximum atomic E-state index is 5.18. The van der Waals surface area contributed by atoms with E-state index in [2.05, 4.69) is 97.7 Å². The Labute approximate surface area is 261 Å². The molecular formula is C38H44N4S. The highest BCUT2D eigenvalue weighted by atomic mass is 32.1. The van der Waals surface area contributed by atoms with E-state index in [0.717, 1.165) is 64.9 Å². The summed E-state index contributed by atoms with van der Waals surface area (Å²) in [7, 11) is 0. The molecule has 0 saturated heterocycles. The van der Waals surface area contributed by atoms with Crippen LogP contribution in [0.5, 0.6) is 0 Å². The SMILES string of the molecule is C=Cc1nc(N2CCc3cccc(C(=C)Nc4nc(C)c(C)s4)c3C2)ccc1-c1cccc(CC2CCC(C)CC2)c1C. The van der Waals surface area contributed by atoms with Gasteiger partial charge >= 0.3 is 0 Å². The first kappa shape index (κ1) is 29.4. The second kappa shape index (κ2) is 12.5. The molecule has 1 aliphatic carbocycles. The molecule has 4 aromatic rings. The van der Waals surface area contributed by atoms with Crippen LogP contribution in [0.2, 0.25) is 0 Å². The van der Waals surface area contributed by atoms with Crippen LogP contribution in [0.15, 0.2) is 61.7 Å². The Morgan fingerprint density at radius 1 is 1.00 bits per heavy atom. The molecular weight excluding hydrogens is 545 g/mol. The first-order chi connectivity index (χ1) is 20.8. The van der Waals surface area contributed by atoms with Crippen molar-refractivity contribution in [2.45, 2.75) is 72.8 Å². The number of aromatic nitrogens is 2. The van der Waals surface area contributed by atoms with Crippen LogP contribution in [0.4, 0.5) is 10.9 Å². The number of hydrogen-bond donors (Lipinski definition) is 1. The van der Waals surface area contributed by atoms with E-state index in [1.165, 1.54) is 70.4 Å². The third-order valence-electron chi connectivity index (χ3n) is 9.69. The number of fused-ring (bicyclic) bond motifs is 1. The number of aryl methyl sites for hydroxylation is 2. The van der Waals surface area contributed by atoms with Gasteiger partial charge < -0.3 is 10.2 Å². The summed E-state index contributed by atoms with van der Waals surface area (Å²) in [6, 6.07) is 17.8. The number of benzene rings is 2. The number of hydrogen-bond acceptors (Lipinski definition) is 5. The third-order valence-corrected chi connectivity index (χ3v) is 10.7. The van der Waals surface area contributed by atoms with Crippen molar-refractivity contribution in [2.75, 3.05) is 16.8 Å². The van der Waals surface area contributed by atoms with Crippen molar-refractivity contribution in [1.82, 2.24) is 9.97 Å². The minimum Gasteiger partial charge on any atom is -0.352 e. The van der Waals surface area contributed by atoms with E-state index in [-0.39, 0.29) is 0 Å². The zero-order valence-corrected chi connectivity index (χ0v) is 27.0. The number of nitrogens with zero attached hydrogens (tertiary/aromatic N) is 3. The zero-order chi connectivity index (χ0) is 30.1. The van der Waals surface area contributed by atoms with Crippen LogP contribution >= 0.6 is 11.3 Å². The Balaban J connectivity index is 1.24. The van der Waals surface area contributed by atoms with Crippen LogP contribution in [0.3, 0.4) is 0 Å². The Morgan fingerprint density at radius 3 is 2.53 bits per heavy atom. The Kier molecular flexibility index (Phi) is 8.54. The quantitative estimate of drug-likeness (QED) is 0.222. The van der Waals surface area contributed by atoms with Gasteiger partial charge in [0.15, 0.2) is 5.13 Å². The third kappa shape index (κ3) is 6.19. The summed E-state index contributed by atoms with van der Waals surface area (Å²) in [5, 5.41) is 4.37. The van der Waals surface area contributed by atoms with Gasteiger partial charge in [0.2, 0.25) is 0 Å². The topological polar surface area (TPSA) is 41.1 Å². The van der Waals surface area contributed by atoms with Crippen molar-refractivity contribution < 1.29 is 0 Å². The fraction of sp³-hybridized carbons (Fsp3) is 0.368. The van der Waals surface area contributed by atoms with Gasteiger partial charge in [-0.3, -0.25) is 0 Å². The van der Waals surface area contributed by atoms with Crippen LogP contribution in [-0.4, -0.2) is 16.5 Å². The highest BCUT2D eigenvalue weighted by Crippen LogP contribution is 2.36. The molecule has 1 N–H and O–H groups in total. The molecule has 222 valence electrons. The minimum atomic E-state index is 0.791. The molecule has 6 rings (SSSR count). The van der Waals surface area contributed by atoms with Gasteiger partial charge in [-0.1, -0.05) is 69.3 Å². The molecule has 2 aliphatic rings. The molecule has 5 heteroatoms. The second-order valence-corrected chi connectivity index (χ2v) is 13.8. The van der Waals surface area contributed by atoms with Crippen molar-refractivity contribution in [3.8, 4) is 11.1 Å². The fourth-order valence-corrected chi connectivity index (χ4v) is 7.69. The average molecular weight is 589 g/mol. The molecule has 0 atom stereocenters. The lowest BCUT2D eigenvalue weighted by molar-refractivity contribution is 0.288. The number of thiazole rings is 1. The average Bonchev–Trinajstić information content (AvgIpc) is 3.34. The summed E-state index contributed by atoms with van der Waals surface area (Å²) in [6.07, 6.45) is 9.52. The van der Waals surface area contributed by atoms with Crippen molar-refractivity contribution in [1.29, 1.82) is 0 Å². The molecule has 1 fully saturated rings. The van der Waals surface area contributed by atoms with Gasteiger partial charge in [0, 0.05) is 34.8 Å². The first-order valence-corrected chi connectivity index (χ1v) is 16.6. The predicted octanol–water partition coefficient (Wildman–Crippen LogP) is 9.79. The standard InChI is InChI=1S/C38H44N4S/c1-7-36-34(32-12-9-11-31(25(32)3)22-29-16-14-24(2)15-17-29)18-19-37(41-36)42-21-20-30-10-8-13-33(35(30)23-42)27(5)40-38-39-26(4)28(6)43-38/h7-13,18-19,24,29H,1,5,14-17,20-23H2,2-4,6H3,(H,39,40). The summed E-state index contributed by atoms with van der Waals surface area (Å²) in [4.78, 5) is 13.5. The predicted molar refractivity (Wildman–Crippen MR) is 185 cm³/mol. The molecule has 0 amide bonds. The molecule has 2 aromatic carbocycles. The Bertz CT molecular complexity index is 1640. The highest BCUT2D eigenvalue weighted by molar-refractivity contribution is 7.15. The zero-order valence-electron chi connectivity index (χ0n) is 26.2. The normalized spacial score (nSPS) is 18.3. The monoisotopic (exact) mass is 588 g/mol. The molecule has 0 unspecified atom stereocenters. The summed E-state index contributed by atoms with van der Waals surface area (Å²) in [6.45, 7) is 19.1. The molecule has 4 nitrogen and oxygen atoms in total. The van der Waals surface area contributed by atoms with Crippen LogP contribution in [0.25, 0.3) is 22.9 Å². The van der Waals surface area contributed by atoms with Crippen LogP contribution in [0.1, 0.15) is 76.7 Å². The second-order valence-electron chi connectivity index (χ2n) is 12.6. The number of nitrogens with one attached hydrogen (secondary N) is 1. The molecule has 3 heterocycles. The molecule has 1 aliphatic heterocycles. The lowest BCUT2D eigenvalue weighted by Gasteiger charge is -2.32. The van der Waals surface area contributed by atoms with Crippen molar-refractivity contribution in [3.63, 3.8) is 0 Å². The van der Waals surface area contributed by atoms with E-state index in [4.69, 9.17) is 4.98 Å². The fourth-order valence-electron chi connectivity index (χ4n) is 6.85. The Morgan fingerprint density at radius 2 is 1.79 bits per heavy atom. The van der Waals surface area contributed by atoms with Gasteiger partial charge in [-0.2, -0.15) is 0 Å². The molecule has 0 spiro atoms. The van der Waals surface area contributed by atoms with E-state index < -0.39 is 0 Å². The van der Waals surface area contributed by atoms with Gasteiger partial charge in [-0.25, -0.2) is 9.97 Å². The summed E-state index contributed by atoms with van der Waals surface area (Å²) in [5.41, 5.74) is 12.0. The number of anilines is 2. The lowest BCUT2D eigenvalue weighted by atomic mass is 9.79. The lowest BCUT2D eigenvalue weighted by Crippen LogP contribution is -2.32. The van der Waals surface area contributed by atoms with E-state index in [1.54, 1.807) is 11.3 Å². The van der Waals surface area contributed by atoms with Crippen LogP contribution in [-0.2, 0) is 19.4 Å². The molecule has 0 bridgehead atoms. The molecule has 0 radical (unpaired) electrons. The van der Waals surface area contributed by atoms with Crippen molar-refractivity contribution >= 4 is 34.1 Å². The molecule has 1 saturated carbocycles. The van der Waals surface area contributed by atoms with E-state index >= 15 is 0 Å². The Hall–Kier alpha value is -3.70. The van der Waals surface area contributed by atoms with Gasteiger partial charge in [0.05, 0.1) is 11.4 Å². The molecule has 2 aromatic heterocycles. The highest BCUT2D eigenvalue weighted by Gasteiger charge is 2.23. The van der Waals surface area contributed by atoms with Gasteiger partial charge in [0.1, 0.15) is 5.82 Å². The van der Waals surface area contributed by atoms with E-state index in [9.17, 15) is 0 Å². The minimum absolute atomic E-state index is 0.791. The van der Waals surface area contributed by atoms with Crippen LogP contribution in [0, 0.1) is 32.6 Å². The maximum Gasteiger partial charge on any atom is 0.187 e. The van der Waals surface area contributed by atoms with Gasteiger partial charge in [-0.05, 0) is 104 Å². The summed E-state index contributed by atoms with van der Waals surface area (Å²) < 4.78 is 0. The smallest absolute Gasteiger partial charge is 0.187 e. The maximum absolute atomic E-state index is 5.18. The van der Waals surface area contributed by atoms with Crippen molar-refractivity contribution in [3.05, 3.63) is 106 Å². The molecule has 43 heavy (non-hydrogen) atoms. The number of rotatable bonds is 8. The van der Waals surface area contributed by atoms with Gasteiger partial charge in [0.25, 0.3) is 0 Å². The van der Waals surface area contributed by atoms with Gasteiger partial charge in [-0.15, -0.1) is 11.3 Å². The summed E-state index contributed by atoms with van der Waals surface area (Å²) >= 11 is 1.67. The largest absolute Gasteiger partial charge is 0.352 e. The summed E-state index contributed by atoms with van der Waals surface area (Å²) in [5.74, 6) is 2.68. The first-order valence-electron chi connectivity index (χ1n) is 15.8. The van der Waals surface area contributed by atoms with E-state index in [1.807, 2.05) is 13.0 Å². The van der Waals surface area contributed by atoms with Crippen LogP contribution < -0.4 is 10.2 Å².